The van der Waals surface area contributed by atoms with Gasteiger partial charge in [-0.05, 0) is 18.8 Å². The van der Waals surface area contributed by atoms with Crippen LogP contribution < -0.4 is 0 Å². The van der Waals surface area contributed by atoms with Crippen molar-refractivity contribution < 1.29 is 9.13 Å². The van der Waals surface area contributed by atoms with Crippen molar-refractivity contribution in [2.75, 3.05) is 18.5 Å². The zero-order chi connectivity index (χ0) is 7.40. The molecule has 1 heterocycles. The van der Waals surface area contributed by atoms with Gasteiger partial charge in [-0.15, -0.1) is 0 Å². The molecular formula is C7H12BrFO. The first-order valence-electron chi connectivity index (χ1n) is 3.60. The lowest BCUT2D eigenvalue weighted by Crippen LogP contribution is -2.10. The van der Waals surface area contributed by atoms with Gasteiger partial charge in [0, 0.05) is 18.5 Å². The molecule has 10 heavy (non-hydrogen) atoms. The first kappa shape index (κ1) is 8.47. The average molecular weight is 211 g/mol. The molecule has 0 aliphatic carbocycles. The van der Waals surface area contributed by atoms with Crippen molar-refractivity contribution in [1.82, 2.24) is 0 Å². The third kappa shape index (κ3) is 2.54. The Morgan fingerprint density at radius 2 is 2.50 bits per heavy atom. The van der Waals surface area contributed by atoms with Crippen molar-refractivity contribution in [3.63, 3.8) is 0 Å². The standard InChI is InChI=1S/C7H12BrFO/c8-4-7(9)3-6-1-2-10-5-6/h6-7H,1-5H2/t6-,7+/m1/s1. The summed E-state index contributed by atoms with van der Waals surface area (Å²) >= 11 is 3.11. The molecule has 0 radical (unpaired) electrons. The van der Waals surface area contributed by atoms with E-state index in [0.29, 0.717) is 17.7 Å². The fraction of sp³-hybridized carbons (Fsp3) is 1.00. The van der Waals surface area contributed by atoms with E-state index in [-0.39, 0.29) is 0 Å². The maximum Gasteiger partial charge on any atom is 0.110 e. The molecule has 1 saturated heterocycles. The minimum absolute atomic E-state index is 0.462. The molecule has 60 valence electrons. The Bertz CT molecular complexity index is 93.6. The van der Waals surface area contributed by atoms with E-state index in [9.17, 15) is 4.39 Å². The maximum absolute atomic E-state index is 12.7. The molecule has 1 rings (SSSR count). The van der Waals surface area contributed by atoms with Crippen LogP contribution in [0.25, 0.3) is 0 Å². The second-order valence-corrected chi connectivity index (χ2v) is 3.36. The lowest BCUT2D eigenvalue weighted by molar-refractivity contribution is 0.176. The molecule has 0 aromatic heterocycles. The van der Waals surface area contributed by atoms with Gasteiger partial charge in [0.2, 0.25) is 0 Å². The van der Waals surface area contributed by atoms with Crippen molar-refractivity contribution in [2.24, 2.45) is 5.92 Å². The van der Waals surface area contributed by atoms with Crippen LogP contribution in [-0.2, 0) is 4.74 Å². The summed E-state index contributed by atoms with van der Waals surface area (Å²) in [5, 5.41) is 0.462. The highest BCUT2D eigenvalue weighted by Crippen LogP contribution is 2.20. The smallest absolute Gasteiger partial charge is 0.110 e. The van der Waals surface area contributed by atoms with Gasteiger partial charge in [0.15, 0.2) is 0 Å². The van der Waals surface area contributed by atoms with Gasteiger partial charge < -0.3 is 4.74 Å². The van der Waals surface area contributed by atoms with Crippen molar-refractivity contribution >= 4 is 15.9 Å². The molecule has 0 spiro atoms. The van der Waals surface area contributed by atoms with Gasteiger partial charge in [-0.2, -0.15) is 0 Å². The minimum atomic E-state index is -0.688. The van der Waals surface area contributed by atoms with Crippen LogP contribution in [-0.4, -0.2) is 24.7 Å². The van der Waals surface area contributed by atoms with E-state index in [0.717, 1.165) is 19.6 Å². The Hall–Kier alpha value is 0.370. The zero-order valence-electron chi connectivity index (χ0n) is 5.85. The SMILES string of the molecule is F[C@H](CBr)C[C@H]1CCOC1. The number of ether oxygens (including phenoxy) is 1. The number of alkyl halides is 2. The Labute approximate surface area is 69.1 Å². The molecule has 3 heteroatoms. The second-order valence-electron chi connectivity index (χ2n) is 2.72. The molecule has 0 unspecified atom stereocenters. The summed E-state index contributed by atoms with van der Waals surface area (Å²) in [5.41, 5.74) is 0. The minimum Gasteiger partial charge on any atom is -0.381 e. The fourth-order valence-corrected chi connectivity index (χ4v) is 1.46. The van der Waals surface area contributed by atoms with E-state index in [1.165, 1.54) is 0 Å². The van der Waals surface area contributed by atoms with Crippen LogP contribution in [0.5, 0.6) is 0 Å². The first-order chi connectivity index (χ1) is 4.83. The van der Waals surface area contributed by atoms with E-state index in [1.54, 1.807) is 0 Å². The Morgan fingerprint density at radius 3 is 3.00 bits per heavy atom. The lowest BCUT2D eigenvalue weighted by Gasteiger charge is -2.08. The summed E-state index contributed by atoms with van der Waals surface area (Å²) in [4.78, 5) is 0. The molecule has 1 aliphatic heterocycles. The van der Waals surface area contributed by atoms with Gasteiger partial charge in [-0.1, -0.05) is 15.9 Å². The van der Waals surface area contributed by atoms with Gasteiger partial charge >= 0.3 is 0 Å². The zero-order valence-corrected chi connectivity index (χ0v) is 7.44. The Kier molecular flexibility index (Phi) is 3.63. The number of rotatable bonds is 3. The van der Waals surface area contributed by atoms with E-state index < -0.39 is 6.17 Å². The molecule has 0 aromatic carbocycles. The fourth-order valence-electron chi connectivity index (χ4n) is 1.19. The third-order valence-electron chi connectivity index (χ3n) is 1.78. The van der Waals surface area contributed by atoms with Crippen LogP contribution in [0.2, 0.25) is 0 Å². The van der Waals surface area contributed by atoms with Crippen molar-refractivity contribution in [2.45, 2.75) is 19.0 Å². The molecule has 0 N–H and O–H groups in total. The Balaban J connectivity index is 2.11. The first-order valence-corrected chi connectivity index (χ1v) is 4.73. The quantitative estimate of drug-likeness (QED) is 0.650. The van der Waals surface area contributed by atoms with Gasteiger partial charge in [0.1, 0.15) is 6.17 Å². The lowest BCUT2D eigenvalue weighted by atomic mass is 10.0. The Morgan fingerprint density at radius 1 is 1.70 bits per heavy atom. The molecule has 0 aromatic rings. The van der Waals surface area contributed by atoms with Crippen LogP contribution >= 0.6 is 15.9 Å². The molecule has 0 bridgehead atoms. The van der Waals surface area contributed by atoms with Crippen molar-refractivity contribution in [3.05, 3.63) is 0 Å². The van der Waals surface area contributed by atoms with Gasteiger partial charge in [0.05, 0.1) is 0 Å². The summed E-state index contributed by atoms with van der Waals surface area (Å²) in [6, 6.07) is 0. The largest absolute Gasteiger partial charge is 0.381 e. The van der Waals surface area contributed by atoms with Gasteiger partial charge in [0.25, 0.3) is 0 Å². The molecule has 1 aliphatic rings. The highest BCUT2D eigenvalue weighted by atomic mass is 79.9. The van der Waals surface area contributed by atoms with Crippen LogP contribution in [0.4, 0.5) is 4.39 Å². The summed E-state index contributed by atoms with van der Waals surface area (Å²) in [6.45, 7) is 1.58. The van der Waals surface area contributed by atoms with Crippen molar-refractivity contribution in [3.8, 4) is 0 Å². The van der Waals surface area contributed by atoms with Gasteiger partial charge in [-0.3, -0.25) is 0 Å². The highest BCUT2D eigenvalue weighted by molar-refractivity contribution is 9.09. The average Bonchev–Trinajstić information content (AvgIpc) is 2.40. The predicted molar refractivity (Wildman–Crippen MR) is 42.2 cm³/mol. The van der Waals surface area contributed by atoms with Crippen LogP contribution in [0.1, 0.15) is 12.8 Å². The maximum atomic E-state index is 12.7. The van der Waals surface area contributed by atoms with E-state index in [4.69, 9.17) is 4.74 Å². The number of halogens is 2. The summed E-state index contributed by atoms with van der Waals surface area (Å²) < 4.78 is 17.8. The predicted octanol–water partition coefficient (Wildman–Crippen LogP) is 2.15. The third-order valence-corrected chi connectivity index (χ3v) is 2.48. The van der Waals surface area contributed by atoms with Crippen LogP contribution in [0.15, 0.2) is 0 Å². The monoisotopic (exact) mass is 210 g/mol. The molecule has 1 nitrogen and oxygen atoms in total. The van der Waals surface area contributed by atoms with Crippen LogP contribution in [0, 0.1) is 5.92 Å². The molecule has 2 atom stereocenters. The van der Waals surface area contributed by atoms with Gasteiger partial charge in [-0.25, -0.2) is 4.39 Å². The summed E-state index contributed by atoms with van der Waals surface area (Å²) in [6.07, 6.45) is 1.00. The highest BCUT2D eigenvalue weighted by Gasteiger charge is 2.19. The second kappa shape index (κ2) is 4.29. The van der Waals surface area contributed by atoms with E-state index in [2.05, 4.69) is 15.9 Å². The van der Waals surface area contributed by atoms with Crippen LogP contribution in [0.3, 0.4) is 0 Å². The normalized spacial score (nSPS) is 28.8. The number of hydrogen-bond donors (Lipinski definition) is 0. The molecular weight excluding hydrogens is 199 g/mol. The number of hydrogen-bond acceptors (Lipinski definition) is 1. The molecule has 0 amide bonds. The van der Waals surface area contributed by atoms with E-state index >= 15 is 0 Å². The van der Waals surface area contributed by atoms with Crippen molar-refractivity contribution in [1.29, 1.82) is 0 Å². The topological polar surface area (TPSA) is 9.23 Å². The summed E-state index contributed by atoms with van der Waals surface area (Å²) in [7, 11) is 0. The molecule has 0 saturated carbocycles. The molecule has 1 fully saturated rings. The van der Waals surface area contributed by atoms with E-state index in [1.807, 2.05) is 0 Å². The summed E-state index contributed by atoms with van der Waals surface area (Å²) in [5.74, 6) is 0.465.